The number of nitrogens with one attached hydrogen (secondary N) is 1. The minimum absolute atomic E-state index is 0.0871. The minimum Gasteiger partial charge on any atom is -0.483 e. The summed E-state index contributed by atoms with van der Waals surface area (Å²) in [6, 6.07) is 13.3. The average Bonchev–Trinajstić information content (AvgIpc) is 3.55. The molecule has 0 fully saturated rings. The number of hydrogen-bond donors (Lipinski definition) is 1. The van der Waals surface area contributed by atoms with E-state index < -0.39 is 5.97 Å². The highest BCUT2D eigenvalue weighted by Crippen LogP contribution is 2.36. The molecular formula is C29H31ClN4O4S2. The van der Waals surface area contributed by atoms with E-state index in [2.05, 4.69) is 15.5 Å². The van der Waals surface area contributed by atoms with Gasteiger partial charge in [0.15, 0.2) is 17.1 Å². The lowest BCUT2D eigenvalue weighted by molar-refractivity contribution is -0.113. The van der Waals surface area contributed by atoms with E-state index in [9.17, 15) is 9.59 Å². The molecule has 4 aromatic rings. The number of amides is 1. The van der Waals surface area contributed by atoms with Crippen molar-refractivity contribution in [2.75, 3.05) is 17.7 Å². The molecule has 2 aromatic carbocycles. The van der Waals surface area contributed by atoms with Crippen LogP contribution in [0.4, 0.5) is 5.00 Å². The van der Waals surface area contributed by atoms with Crippen LogP contribution in [-0.4, -0.2) is 39.0 Å². The number of nitrogens with zero attached hydrogens (tertiary/aromatic N) is 3. The maximum Gasteiger partial charge on any atom is 0.341 e. The topological polar surface area (TPSA) is 95.3 Å². The SMILES string of the molecule is CCOC(=O)c1c(-c2ccccc2)csc1NC(=O)CSc1nnc(C(C)Oc2cc(C)c(Cl)c(C)c2)n1CC. The van der Waals surface area contributed by atoms with Crippen LogP contribution in [0.1, 0.15) is 54.2 Å². The molecule has 0 radical (unpaired) electrons. The molecule has 210 valence electrons. The second kappa shape index (κ2) is 13.3. The van der Waals surface area contributed by atoms with Gasteiger partial charge in [0, 0.05) is 22.5 Å². The van der Waals surface area contributed by atoms with Gasteiger partial charge in [0.1, 0.15) is 16.3 Å². The first-order chi connectivity index (χ1) is 19.2. The molecule has 2 aromatic heterocycles. The van der Waals surface area contributed by atoms with Crippen LogP contribution in [0, 0.1) is 13.8 Å². The van der Waals surface area contributed by atoms with E-state index >= 15 is 0 Å². The molecule has 8 nitrogen and oxygen atoms in total. The third-order valence-electron chi connectivity index (χ3n) is 6.09. The van der Waals surface area contributed by atoms with Crippen molar-refractivity contribution < 1.29 is 19.1 Å². The van der Waals surface area contributed by atoms with E-state index in [4.69, 9.17) is 21.1 Å². The molecule has 0 aliphatic rings. The fourth-order valence-corrected chi connectivity index (χ4v) is 6.11. The fraction of sp³-hybridized carbons (Fsp3) is 0.310. The molecule has 1 atom stereocenters. The van der Waals surface area contributed by atoms with Crippen molar-refractivity contribution in [2.24, 2.45) is 0 Å². The van der Waals surface area contributed by atoms with Gasteiger partial charge in [-0.15, -0.1) is 21.5 Å². The van der Waals surface area contributed by atoms with E-state index in [1.807, 2.05) is 80.1 Å². The van der Waals surface area contributed by atoms with Crippen LogP contribution >= 0.6 is 34.7 Å². The van der Waals surface area contributed by atoms with Crippen LogP contribution in [0.5, 0.6) is 5.75 Å². The van der Waals surface area contributed by atoms with Gasteiger partial charge in [-0.05, 0) is 63.4 Å². The Morgan fingerprint density at radius 2 is 1.82 bits per heavy atom. The minimum atomic E-state index is -0.471. The van der Waals surface area contributed by atoms with Crippen molar-refractivity contribution >= 4 is 51.6 Å². The smallest absolute Gasteiger partial charge is 0.341 e. The van der Waals surface area contributed by atoms with E-state index in [1.54, 1.807) is 6.92 Å². The Hall–Kier alpha value is -3.34. The van der Waals surface area contributed by atoms with Gasteiger partial charge in [0.2, 0.25) is 5.91 Å². The lowest BCUT2D eigenvalue weighted by Crippen LogP contribution is -2.17. The molecule has 0 spiro atoms. The first-order valence-electron chi connectivity index (χ1n) is 12.9. The summed E-state index contributed by atoms with van der Waals surface area (Å²) < 4.78 is 13.4. The Morgan fingerprint density at radius 3 is 2.48 bits per heavy atom. The van der Waals surface area contributed by atoms with Gasteiger partial charge >= 0.3 is 5.97 Å². The molecule has 40 heavy (non-hydrogen) atoms. The van der Waals surface area contributed by atoms with Gasteiger partial charge in [0.05, 0.1) is 12.4 Å². The van der Waals surface area contributed by atoms with Gasteiger partial charge < -0.3 is 19.4 Å². The summed E-state index contributed by atoms with van der Waals surface area (Å²) in [6.45, 7) is 10.4. The van der Waals surface area contributed by atoms with E-state index in [0.29, 0.717) is 33.8 Å². The number of thioether (sulfide) groups is 1. The summed E-state index contributed by atoms with van der Waals surface area (Å²) in [7, 11) is 0. The second-order valence-corrected chi connectivity index (χ2v) is 11.2. The molecule has 0 bridgehead atoms. The van der Waals surface area contributed by atoms with Crippen molar-refractivity contribution in [3.63, 3.8) is 0 Å². The Bertz CT molecular complexity index is 1480. The molecule has 0 aliphatic carbocycles. The maximum absolute atomic E-state index is 13.0. The van der Waals surface area contributed by atoms with E-state index in [1.165, 1.54) is 23.1 Å². The zero-order valence-corrected chi connectivity index (χ0v) is 25.4. The van der Waals surface area contributed by atoms with Crippen molar-refractivity contribution in [1.29, 1.82) is 0 Å². The zero-order valence-electron chi connectivity index (χ0n) is 23.0. The summed E-state index contributed by atoms with van der Waals surface area (Å²) in [5.74, 6) is 0.714. The molecule has 1 N–H and O–H groups in total. The molecule has 0 saturated heterocycles. The lowest BCUT2D eigenvalue weighted by atomic mass is 10.0. The number of aryl methyl sites for hydroxylation is 2. The number of hydrogen-bond acceptors (Lipinski definition) is 8. The van der Waals surface area contributed by atoms with Gasteiger partial charge in [-0.3, -0.25) is 4.79 Å². The van der Waals surface area contributed by atoms with Crippen LogP contribution < -0.4 is 10.1 Å². The number of aromatic nitrogens is 3. The number of rotatable bonds is 11. The fourth-order valence-electron chi connectivity index (χ4n) is 4.21. The summed E-state index contributed by atoms with van der Waals surface area (Å²) in [6.07, 6.45) is -0.370. The standard InChI is InChI=1S/C29H31ClN4O4S2/c1-6-34-26(19(5)38-21-13-17(3)25(30)18(4)14-21)32-33-29(34)40-16-23(35)31-27-24(28(36)37-7-2)22(15-39-27)20-11-9-8-10-12-20/h8-15,19H,6-7,16H2,1-5H3,(H,31,35). The number of ether oxygens (including phenoxy) is 2. The van der Waals surface area contributed by atoms with Crippen LogP contribution in [0.15, 0.2) is 53.0 Å². The Labute approximate surface area is 247 Å². The second-order valence-electron chi connectivity index (χ2n) is 8.99. The molecule has 1 unspecified atom stereocenters. The Kier molecular flexibility index (Phi) is 9.89. The summed E-state index contributed by atoms with van der Waals surface area (Å²) in [4.78, 5) is 25.8. The number of anilines is 1. The van der Waals surface area contributed by atoms with Crippen LogP contribution in [-0.2, 0) is 16.1 Å². The van der Waals surface area contributed by atoms with Gasteiger partial charge in [-0.2, -0.15) is 0 Å². The first kappa shape index (κ1) is 29.6. The van der Waals surface area contributed by atoms with Crippen LogP contribution in [0.25, 0.3) is 11.1 Å². The number of carbonyl (C=O) groups is 2. The summed E-state index contributed by atoms with van der Waals surface area (Å²) in [5.41, 5.74) is 3.84. The Morgan fingerprint density at radius 1 is 1.12 bits per heavy atom. The van der Waals surface area contributed by atoms with Gasteiger partial charge in [0.25, 0.3) is 0 Å². The predicted molar refractivity (Wildman–Crippen MR) is 161 cm³/mol. The van der Waals surface area contributed by atoms with Crippen molar-refractivity contribution in [2.45, 2.75) is 52.4 Å². The molecule has 2 heterocycles. The van der Waals surface area contributed by atoms with E-state index in [0.717, 1.165) is 27.3 Å². The number of halogens is 1. The number of carbonyl (C=O) groups excluding carboxylic acids is 2. The van der Waals surface area contributed by atoms with Crippen LogP contribution in [0.3, 0.4) is 0 Å². The molecule has 0 saturated carbocycles. The third kappa shape index (κ3) is 6.68. The van der Waals surface area contributed by atoms with Crippen molar-refractivity contribution in [1.82, 2.24) is 14.8 Å². The van der Waals surface area contributed by atoms with Crippen molar-refractivity contribution in [3.8, 4) is 16.9 Å². The highest BCUT2D eigenvalue weighted by molar-refractivity contribution is 7.99. The van der Waals surface area contributed by atoms with E-state index in [-0.39, 0.29) is 24.4 Å². The molecule has 11 heteroatoms. The van der Waals surface area contributed by atoms with Gasteiger partial charge in [-0.25, -0.2) is 4.79 Å². The van der Waals surface area contributed by atoms with Crippen molar-refractivity contribution in [3.05, 3.63) is 75.4 Å². The maximum atomic E-state index is 13.0. The zero-order chi connectivity index (χ0) is 28.8. The lowest BCUT2D eigenvalue weighted by Gasteiger charge is -2.17. The Balaban J connectivity index is 1.46. The largest absolute Gasteiger partial charge is 0.483 e. The monoisotopic (exact) mass is 598 g/mol. The third-order valence-corrected chi connectivity index (χ3v) is 8.55. The normalized spacial score (nSPS) is 11.8. The molecular weight excluding hydrogens is 568 g/mol. The highest BCUT2D eigenvalue weighted by Gasteiger charge is 2.24. The number of esters is 1. The summed E-state index contributed by atoms with van der Waals surface area (Å²) in [5, 5.41) is 15.2. The molecule has 1 amide bonds. The predicted octanol–water partition coefficient (Wildman–Crippen LogP) is 7.34. The summed E-state index contributed by atoms with van der Waals surface area (Å²) >= 11 is 8.86. The molecule has 0 aliphatic heterocycles. The number of thiophene rings is 1. The van der Waals surface area contributed by atoms with Gasteiger partial charge in [-0.1, -0.05) is 53.7 Å². The average molecular weight is 599 g/mol. The highest BCUT2D eigenvalue weighted by atomic mass is 35.5. The van der Waals surface area contributed by atoms with Crippen LogP contribution in [0.2, 0.25) is 5.02 Å². The first-order valence-corrected chi connectivity index (χ1v) is 15.1. The quantitative estimate of drug-likeness (QED) is 0.142. The molecule has 4 rings (SSSR count). The number of benzene rings is 2.